The quantitative estimate of drug-likeness (QED) is 0.527. The minimum atomic E-state index is -0.739. The van der Waals surface area contributed by atoms with Gasteiger partial charge in [-0.2, -0.15) is 0 Å². The summed E-state index contributed by atoms with van der Waals surface area (Å²) < 4.78 is 1.05. The highest BCUT2D eigenvalue weighted by Crippen LogP contribution is 2.31. The van der Waals surface area contributed by atoms with E-state index in [1.54, 1.807) is 12.3 Å². The first-order valence-electron chi connectivity index (χ1n) is 8.68. The smallest absolute Gasteiger partial charge is 0.273 e. The normalized spacial score (nSPS) is 11.9. The Hall–Kier alpha value is -2.65. The Morgan fingerprint density at radius 3 is 2.47 bits per heavy atom. The minimum Gasteiger partial charge on any atom is -0.383 e. The fourth-order valence-electron chi connectivity index (χ4n) is 2.73. The van der Waals surface area contributed by atoms with Gasteiger partial charge in [0.05, 0.1) is 27.6 Å². The second-order valence-electron chi connectivity index (χ2n) is 6.37. The van der Waals surface area contributed by atoms with Crippen LogP contribution >= 0.6 is 34.8 Å². The molecular weight excluding hydrogens is 451 g/mol. The van der Waals surface area contributed by atoms with Crippen molar-refractivity contribution in [2.45, 2.75) is 13.0 Å². The average Bonchev–Trinajstić information content (AvgIpc) is 2.68. The molecule has 0 spiro atoms. The molecule has 1 atom stereocenters. The van der Waals surface area contributed by atoms with Gasteiger partial charge in [-0.05, 0) is 37.7 Å². The summed E-state index contributed by atoms with van der Waals surface area (Å²) in [5, 5.41) is 6.24. The number of nitrogens with zero attached hydrogens (tertiary/aromatic N) is 3. The van der Waals surface area contributed by atoms with Crippen LogP contribution in [0.3, 0.4) is 0 Å². The number of amides is 1. The number of aromatic nitrogens is 3. The van der Waals surface area contributed by atoms with E-state index in [9.17, 15) is 9.59 Å². The van der Waals surface area contributed by atoms with Crippen molar-refractivity contribution in [1.29, 1.82) is 0 Å². The Balaban J connectivity index is 2.03. The van der Waals surface area contributed by atoms with Crippen molar-refractivity contribution in [3.8, 4) is 5.69 Å². The minimum absolute atomic E-state index is 0.0178. The van der Waals surface area contributed by atoms with Gasteiger partial charge in [-0.15, -0.1) is 0 Å². The topological polar surface area (TPSA) is 115 Å². The van der Waals surface area contributed by atoms with E-state index in [0.717, 1.165) is 16.5 Å². The third kappa shape index (κ3) is 4.41. The third-order valence-corrected chi connectivity index (χ3v) is 5.20. The molecule has 2 aromatic heterocycles. The molecule has 0 saturated heterocycles. The summed E-state index contributed by atoms with van der Waals surface area (Å²) in [5.41, 5.74) is 6.13. The Kier molecular flexibility index (Phi) is 6.62. The van der Waals surface area contributed by atoms with Crippen LogP contribution in [0.5, 0.6) is 0 Å². The number of carbonyl (C=O) groups is 1. The van der Waals surface area contributed by atoms with Crippen LogP contribution in [-0.4, -0.2) is 27.5 Å². The van der Waals surface area contributed by atoms with Gasteiger partial charge in [0.25, 0.3) is 11.5 Å². The summed E-state index contributed by atoms with van der Waals surface area (Å²) >= 11 is 18.3. The van der Waals surface area contributed by atoms with Gasteiger partial charge in [0, 0.05) is 17.3 Å². The molecule has 8 nitrogen and oxygen atoms in total. The highest BCUT2D eigenvalue weighted by molar-refractivity contribution is 6.40. The molecule has 0 saturated carbocycles. The molecule has 0 radical (unpaired) electrons. The standard InChI is InChI=1S/C19H17Cl3N6O2/c1-9(24-2)10-3-12(7-25-6-10)27-18(29)15-17(23)26-8-28(19(15)30)16-13(21)4-11(20)5-14(16)22/h3-9,24H,23H2,1-2H3,(H,27,29)/t9-/m1/s1. The Morgan fingerprint density at radius 2 is 1.83 bits per heavy atom. The molecule has 3 rings (SSSR count). The van der Waals surface area contributed by atoms with E-state index in [0.29, 0.717) is 10.7 Å². The monoisotopic (exact) mass is 466 g/mol. The van der Waals surface area contributed by atoms with Crippen molar-refractivity contribution in [2.75, 3.05) is 18.1 Å². The zero-order valence-electron chi connectivity index (χ0n) is 15.9. The fraction of sp³-hybridized carbons (Fsp3) is 0.158. The number of nitrogens with one attached hydrogen (secondary N) is 2. The summed E-state index contributed by atoms with van der Waals surface area (Å²) in [5.74, 6) is -0.973. The highest BCUT2D eigenvalue weighted by Gasteiger charge is 2.21. The van der Waals surface area contributed by atoms with Gasteiger partial charge in [-0.3, -0.25) is 19.1 Å². The Bertz CT molecular complexity index is 1160. The predicted molar refractivity (Wildman–Crippen MR) is 119 cm³/mol. The Morgan fingerprint density at radius 1 is 1.17 bits per heavy atom. The molecule has 30 heavy (non-hydrogen) atoms. The highest BCUT2D eigenvalue weighted by atomic mass is 35.5. The van der Waals surface area contributed by atoms with Crippen molar-refractivity contribution in [3.05, 3.63) is 73.5 Å². The summed E-state index contributed by atoms with van der Waals surface area (Å²) in [6.45, 7) is 1.94. The number of nitrogen functional groups attached to an aromatic ring is 1. The van der Waals surface area contributed by atoms with Crippen molar-refractivity contribution >= 4 is 52.2 Å². The van der Waals surface area contributed by atoms with Gasteiger partial charge in [-0.1, -0.05) is 34.8 Å². The molecule has 4 N–H and O–H groups in total. The van der Waals surface area contributed by atoms with E-state index in [-0.39, 0.29) is 33.2 Å². The lowest BCUT2D eigenvalue weighted by Gasteiger charge is -2.14. The van der Waals surface area contributed by atoms with E-state index in [1.807, 2.05) is 14.0 Å². The lowest BCUT2D eigenvalue weighted by molar-refractivity contribution is 0.102. The number of hydrogen-bond acceptors (Lipinski definition) is 6. The fourth-order valence-corrected chi connectivity index (χ4v) is 3.73. The van der Waals surface area contributed by atoms with Crippen LogP contribution in [0, 0.1) is 0 Å². The van der Waals surface area contributed by atoms with Crippen LogP contribution in [0.25, 0.3) is 5.69 Å². The van der Waals surface area contributed by atoms with Crippen LogP contribution in [0.2, 0.25) is 15.1 Å². The van der Waals surface area contributed by atoms with Crippen LogP contribution in [0.15, 0.2) is 41.7 Å². The second-order valence-corrected chi connectivity index (χ2v) is 7.62. The summed E-state index contributed by atoms with van der Waals surface area (Å²) in [6, 6.07) is 4.61. The van der Waals surface area contributed by atoms with E-state index in [2.05, 4.69) is 20.6 Å². The molecular formula is C19H17Cl3N6O2. The van der Waals surface area contributed by atoms with Crippen LogP contribution in [0.4, 0.5) is 11.5 Å². The lowest BCUT2D eigenvalue weighted by Crippen LogP contribution is -2.31. The molecule has 0 aliphatic heterocycles. The van der Waals surface area contributed by atoms with Gasteiger partial charge < -0.3 is 16.4 Å². The van der Waals surface area contributed by atoms with Crippen LogP contribution in [-0.2, 0) is 0 Å². The molecule has 0 fully saturated rings. The first-order chi connectivity index (χ1) is 14.2. The number of pyridine rings is 1. The third-order valence-electron chi connectivity index (χ3n) is 4.40. The van der Waals surface area contributed by atoms with Crippen molar-refractivity contribution in [1.82, 2.24) is 19.9 Å². The number of carbonyl (C=O) groups excluding carboxylic acids is 1. The van der Waals surface area contributed by atoms with Gasteiger partial charge in [0.2, 0.25) is 0 Å². The van der Waals surface area contributed by atoms with E-state index in [4.69, 9.17) is 40.5 Å². The van der Waals surface area contributed by atoms with Crippen molar-refractivity contribution in [3.63, 3.8) is 0 Å². The zero-order chi connectivity index (χ0) is 22.0. The van der Waals surface area contributed by atoms with Crippen LogP contribution < -0.4 is 21.9 Å². The summed E-state index contributed by atoms with van der Waals surface area (Å²) in [6.07, 6.45) is 4.28. The van der Waals surface area contributed by atoms with E-state index >= 15 is 0 Å². The first kappa shape index (κ1) is 22.0. The number of anilines is 2. The van der Waals surface area contributed by atoms with Gasteiger partial charge >= 0.3 is 0 Å². The zero-order valence-corrected chi connectivity index (χ0v) is 18.2. The molecule has 0 unspecified atom stereocenters. The van der Waals surface area contributed by atoms with Gasteiger partial charge in [0.1, 0.15) is 17.7 Å². The number of rotatable bonds is 5. The van der Waals surface area contributed by atoms with Crippen molar-refractivity contribution in [2.24, 2.45) is 0 Å². The van der Waals surface area contributed by atoms with Crippen LogP contribution in [0.1, 0.15) is 28.9 Å². The number of benzene rings is 1. The number of hydrogen-bond donors (Lipinski definition) is 3. The van der Waals surface area contributed by atoms with E-state index in [1.165, 1.54) is 18.3 Å². The molecule has 0 aliphatic rings. The Labute approximate surface area is 187 Å². The lowest BCUT2D eigenvalue weighted by atomic mass is 10.1. The largest absolute Gasteiger partial charge is 0.383 e. The average molecular weight is 468 g/mol. The SMILES string of the molecule is CN[C@H](C)c1cncc(NC(=O)c2c(N)ncn(-c3c(Cl)cc(Cl)cc3Cl)c2=O)c1. The molecule has 1 amide bonds. The molecule has 3 aromatic rings. The molecule has 0 aliphatic carbocycles. The molecule has 2 heterocycles. The number of halogens is 3. The maximum Gasteiger partial charge on any atom is 0.273 e. The second kappa shape index (κ2) is 9.01. The molecule has 1 aromatic carbocycles. The van der Waals surface area contributed by atoms with E-state index < -0.39 is 11.5 Å². The molecule has 156 valence electrons. The van der Waals surface area contributed by atoms with Crippen molar-refractivity contribution < 1.29 is 4.79 Å². The molecule has 0 bridgehead atoms. The maximum absolute atomic E-state index is 13.0. The summed E-state index contributed by atoms with van der Waals surface area (Å²) in [7, 11) is 1.81. The predicted octanol–water partition coefficient (Wildman–Crippen LogP) is 3.70. The summed E-state index contributed by atoms with van der Waals surface area (Å²) in [4.78, 5) is 33.9. The molecule has 11 heteroatoms. The van der Waals surface area contributed by atoms with Gasteiger partial charge in [0.15, 0.2) is 0 Å². The first-order valence-corrected chi connectivity index (χ1v) is 9.82. The maximum atomic E-state index is 13.0. The number of nitrogens with two attached hydrogens (primary N) is 1. The van der Waals surface area contributed by atoms with Gasteiger partial charge in [-0.25, -0.2) is 4.98 Å².